The monoisotopic (exact) mass is 193 g/mol. The molecule has 2 atom stereocenters. The number of aliphatic hydroxyl groups excluding tert-OH is 1. The van der Waals surface area contributed by atoms with Gasteiger partial charge in [0.25, 0.3) is 0 Å². The van der Waals surface area contributed by atoms with Crippen LogP contribution in [0.2, 0.25) is 0 Å². The number of hydrogen-bond donors (Lipinski definition) is 1. The molecule has 76 valence electrons. The molecule has 0 aromatic carbocycles. The lowest BCUT2D eigenvalue weighted by Gasteiger charge is -2.34. The fraction of sp³-hybridized carbons (Fsp3) is 0.600. The van der Waals surface area contributed by atoms with Crippen LogP contribution in [0.15, 0.2) is 18.6 Å². The van der Waals surface area contributed by atoms with E-state index in [4.69, 9.17) is 0 Å². The number of rotatable bonds is 1. The summed E-state index contributed by atoms with van der Waals surface area (Å²) in [6.45, 7) is 3.77. The minimum atomic E-state index is -0.235. The maximum atomic E-state index is 9.62. The van der Waals surface area contributed by atoms with Gasteiger partial charge >= 0.3 is 0 Å². The molecule has 1 aromatic heterocycles. The predicted molar refractivity (Wildman–Crippen MR) is 54.0 cm³/mol. The zero-order chi connectivity index (χ0) is 9.97. The Morgan fingerprint density at radius 1 is 1.43 bits per heavy atom. The molecule has 2 unspecified atom stereocenters. The number of β-amino-alcohol motifs (C(OH)–C–C–N with tert-alkyl or cyclic N) is 1. The van der Waals surface area contributed by atoms with Crippen LogP contribution in [-0.4, -0.2) is 34.3 Å². The minimum Gasteiger partial charge on any atom is -0.391 e. The normalized spacial score (nSPS) is 27.7. The van der Waals surface area contributed by atoms with Crippen molar-refractivity contribution in [3.05, 3.63) is 18.6 Å². The van der Waals surface area contributed by atoms with Crippen molar-refractivity contribution in [1.29, 1.82) is 0 Å². The van der Waals surface area contributed by atoms with Gasteiger partial charge in [-0.15, -0.1) is 0 Å². The van der Waals surface area contributed by atoms with Crippen LogP contribution in [0.25, 0.3) is 0 Å². The summed E-state index contributed by atoms with van der Waals surface area (Å²) in [5, 5.41) is 9.62. The molecule has 2 heterocycles. The lowest BCUT2D eigenvalue weighted by atomic mass is 9.98. The molecule has 1 saturated heterocycles. The van der Waals surface area contributed by atoms with Crippen molar-refractivity contribution in [2.75, 3.05) is 18.0 Å². The van der Waals surface area contributed by atoms with Crippen LogP contribution in [0.5, 0.6) is 0 Å². The van der Waals surface area contributed by atoms with Crippen LogP contribution in [0.1, 0.15) is 13.3 Å². The molecule has 0 amide bonds. The molecule has 4 heteroatoms. The topological polar surface area (TPSA) is 49.2 Å². The Labute approximate surface area is 83.6 Å². The quantitative estimate of drug-likeness (QED) is 0.712. The van der Waals surface area contributed by atoms with E-state index in [1.54, 1.807) is 18.6 Å². The summed E-state index contributed by atoms with van der Waals surface area (Å²) in [5.41, 5.74) is 0. The van der Waals surface area contributed by atoms with Crippen molar-refractivity contribution in [3.63, 3.8) is 0 Å². The Balaban J connectivity index is 2.11. The number of aromatic nitrogens is 2. The van der Waals surface area contributed by atoms with E-state index in [9.17, 15) is 5.11 Å². The van der Waals surface area contributed by atoms with Crippen molar-refractivity contribution < 1.29 is 5.11 Å². The summed E-state index contributed by atoms with van der Waals surface area (Å²) in [7, 11) is 0. The molecule has 1 aromatic rings. The van der Waals surface area contributed by atoms with Crippen LogP contribution < -0.4 is 4.90 Å². The largest absolute Gasteiger partial charge is 0.391 e. The van der Waals surface area contributed by atoms with Crippen molar-refractivity contribution in [2.24, 2.45) is 5.92 Å². The van der Waals surface area contributed by atoms with E-state index in [-0.39, 0.29) is 6.10 Å². The number of hydrogen-bond acceptors (Lipinski definition) is 4. The first kappa shape index (κ1) is 9.40. The first-order chi connectivity index (χ1) is 6.75. The third-order valence-electron chi connectivity index (χ3n) is 2.51. The lowest BCUT2D eigenvalue weighted by Crippen LogP contribution is -2.42. The standard InChI is InChI=1S/C10H15N3O/c1-8-4-9(14)7-13(6-8)10-5-11-2-3-12-10/h2-3,5,8-9,14H,4,6-7H2,1H3. The van der Waals surface area contributed by atoms with Gasteiger partial charge in [-0.25, -0.2) is 4.98 Å². The summed E-state index contributed by atoms with van der Waals surface area (Å²) in [6, 6.07) is 0. The Hall–Kier alpha value is -1.16. The van der Waals surface area contributed by atoms with Crippen LogP contribution in [0, 0.1) is 5.92 Å². The van der Waals surface area contributed by atoms with Gasteiger partial charge in [0.1, 0.15) is 5.82 Å². The maximum Gasteiger partial charge on any atom is 0.147 e. The molecule has 4 nitrogen and oxygen atoms in total. The van der Waals surface area contributed by atoms with Crippen molar-refractivity contribution in [1.82, 2.24) is 9.97 Å². The lowest BCUT2D eigenvalue weighted by molar-refractivity contribution is 0.132. The number of nitrogens with zero attached hydrogens (tertiary/aromatic N) is 3. The van der Waals surface area contributed by atoms with Crippen LogP contribution >= 0.6 is 0 Å². The Kier molecular flexibility index (Phi) is 2.63. The second-order valence-electron chi connectivity index (χ2n) is 3.96. The van der Waals surface area contributed by atoms with E-state index in [2.05, 4.69) is 21.8 Å². The highest BCUT2D eigenvalue weighted by atomic mass is 16.3. The van der Waals surface area contributed by atoms with Crippen LogP contribution in [-0.2, 0) is 0 Å². The second kappa shape index (κ2) is 3.92. The Morgan fingerprint density at radius 3 is 2.93 bits per heavy atom. The zero-order valence-corrected chi connectivity index (χ0v) is 8.30. The summed E-state index contributed by atoms with van der Waals surface area (Å²) in [4.78, 5) is 10.3. The minimum absolute atomic E-state index is 0.235. The molecule has 0 bridgehead atoms. The SMILES string of the molecule is CC1CC(O)CN(c2cnccn2)C1. The smallest absolute Gasteiger partial charge is 0.147 e. The summed E-state index contributed by atoms with van der Waals surface area (Å²) in [5.74, 6) is 1.37. The van der Waals surface area contributed by atoms with Gasteiger partial charge in [-0.3, -0.25) is 4.98 Å². The van der Waals surface area contributed by atoms with E-state index in [0.29, 0.717) is 12.5 Å². The van der Waals surface area contributed by atoms with Crippen molar-refractivity contribution >= 4 is 5.82 Å². The van der Waals surface area contributed by atoms with Gasteiger partial charge in [0.2, 0.25) is 0 Å². The molecule has 14 heavy (non-hydrogen) atoms. The third kappa shape index (κ3) is 2.01. The third-order valence-corrected chi connectivity index (χ3v) is 2.51. The fourth-order valence-electron chi connectivity index (χ4n) is 1.96. The molecule has 1 fully saturated rings. The molecule has 2 rings (SSSR count). The second-order valence-corrected chi connectivity index (χ2v) is 3.96. The van der Waals surface area contributed by atoms with Gasteiger partial charge in [-0.2, -0.15) is 0 Å². The molecule has 0 radical (unpaired) electrons. The Bertz CT molecular complexity index is 281. The molecule has 0 saturated carbocycles. The van der Waals surface area contributed by atoms with E-state index in [0.717, 1.165) is 18.8 Å². The van der Waals surface area contributed by atoms with E-state index < -0.39 is 0 Å². The van der Waals surface area contributed by atoms with Gasteiger partial charge < -0.3 is 10.0 Å². The first-order valence-electron chi connectivity index (χ1n) is 4.94. The summed E-state index contributed by atoms with van der Waals surface area (Å²) in [6.07, 6.45) is 5.73. The molecule has 0 aliphatic carbocycles. The highest BCUT2D eigenvalue weighted by Gasteiger charge is 2.23. The first-order valence-corrected chi connectivity index (χ1v) is 4.94. The Morgan fingerprint density at radius 2 is 2.29 bits per heavy atom. The van der Waals surface area contributed by atoms with E-state index in [1.807, 2.05) is 0 Å². The summed E-state index contributed by atoms with van der Waals surface area (Å²) < 4.78 is 0. The van der Waals surface area contributed by atoms with Crippen LogP contribution in [0.3, 0.4) is 0 Å². The van der Waals surface area contributed by atoms with Crippen molar-refractivity contribution in [3.8, 4) is 0 Å². The molecule has 1 aliphatic heterocycles. The highest BCUT2D eigenvalue weighted by Crippen LogP contribution is 2.20. The molecule has 1 aliphatic rings. The zero-order valence-electron chi connectivity index (χ0n) is 8.30. The van der Waals surface area contributed by atoms with Gasteiger partial charge in [-0.1, -0.05) is 6.92 Å². The molecular formula is C10H15N3O. The highest BCUT2D eigenvalue weighted by molar-refractivity contribution is 5.35. The maximum absolute atomic E-state index is 9.62. The average Bonchev–Trinajstić information content (AvgIpc) is 2.18. The molecule has 0 spiro atoms. The average molecular weight is 193 g/mol. The van der Waals surface area contributed by atoms with E-state index >= 15 is 0 Å². The van der Waals surface area contributed by atoms with Gasteiger partial charge in [0.05, 0.1) is 12.3 Å². The molecule has 1 N–H and O–H groups in total. The number of anilines is 1. The predicted octanol–water partition coefficient (Wildman–Crippen LogP) is 0.684. The van der Waals surface area contributed by atoms with E-state index in [1.165, 1.54) is 0 Å². The van der Waals surface area contributed by atoms with Gasteiger partial charge in [0, 0.05) is 25.5 Å². The summed E-state index contributed by atoms with van der Waals surface area (Å²) >= 11 is 0. The number of piperidine rings is 1. The van der Waals surface area contributed by atoms with Crippen molar-refractivity contribution in [2.45, 2.75) is 19.4 Å². The fourth-order valence-corrected chi connectivity index (χ4v) is 1.96. The van der Waals surface area contributed by atoms with Gasteiger partial charge in [0.15, 0.2) is 0 Å². The van der Waals surface area contributed by atoms with Gasteiger partial charge in [-0.05, 0) is 12.3 Å². The number of aliphatic hydroxyl groups is 1. The molecular weight excluding hydrogens is 178 g/mol. The van der Waals surface area contributed by atoms with Crippen LogP contribution in [0.4, 0.5) is 5.82 Å².